The molecule has 0 radical (unpaired) electrons. The van der Waals surface area contributed by atoms with E-state index in [9.17, 15) is 26.3 Å². The highest BCUT2D eigenvalue weighted by molar-refractivity contribution is 5.85. The van der Waals surface area contributed by atoms with Crippen molar-refractivity contribution >= 4 is 12.4 Å². The van der Waals surface area contributed by atoms with Crippen LogP contribution < -0.4 is 15.2 Å². The summed E-state index contributed by atoms with van der Waals surface area (Å²) in [4.78, 5) is 12.7. The van der Waals surface area contributed by atoms with Crippen LogP contribution in [0, 0.1) is 11.3 Å². The normalized spacial score (nSPS) is 10.8. The summed E-state index contributed by atoms with van der Waals surface area (Å²) in [6.07, 6.45) is -5.30. The van der Waals surface area contributed by atoms with Gasteiger partial charge in [0.25, 0.3) is 0 Å². The lowest BCUT2D eigenvalue weighted by molar-refractivity contribution is -0.145. The second kappa shape index (κ2) is 13.4. The molecule has 0 atom stereocenters. The van der Waals surface area contributed by atoms with Gasteiger partial charge in [0.15, 0.2) is 11.5 Å². The van der Waals surface area contributed by atoms with Crippen LogP contribution in [0.3, 0.4) is 0 Å². The van der Waals surface area contributed by atoms with Crippen molar-refractivity contribution in [3.63, 3.8) is 0 Å². The van der Waals surface area contributed by atoms with Gasteiger partial charge in [0.05, 0.1) is 36.4 Å². The second-order valence-corrected chi connectivity index (χ2v) is 7.17. The van der Waals surface area contributed by atoms with E-state index in [2.05, 4.69) is 19.9 Å². The number of alkyl halides is 6. The van der Waals surface area contributed by atoms with Crippen LogP contribution in [-0.2, 0) is 18.9 Å². The zero-order chi connectivity index (χ0) is 27.8. The molecule has 2 aromatic carbocycles. The van der Waals surface area contributed by atoms with E-state index in [1.807, 2.05) is 6.07 Å². The zero-order valence-corrected chi connectivity index (χ0v) is 20.3. The number of benzene rings is 2. The summed E-state index contributed by atoms with van der Waals surface area (Å²) in [7, 11) is 0. The Kier molecular flexibility index (Phi) is 10.5. The predicted molar refractivity (Wildman–Crippen MR) is 127 cm³/mol. The van der Waals surface area contributed by atoms with Crippen LogP contribution in [0.2, 0.25) is 0 Å². The molecule has 2 N–H and O–H groups in total. The van der Waals surface area contributed by atoms with Crippen LogP contribution in [0.25, 0.3) is 0 Å². The molecule has 2 aromatic heterocycles. The largest absolute Gasteiger partial charge is 0.454 e. The number of rotatable bonds is 5. The number of halogens is 7. The molecule has 0 saturated heterocycles. The van der Waals surface area contributed by atoms with E-state index in [1.165, 1.54) is 24.3 Å². The third-order valence-corrected chi connectivity index (χ3v) is 4.38. The van der Waals surface area contributed by atoms with Crippen molar-refractivity contribution in [3.8, 4) is 29.1 Å². The van der Waals surface area contributed by atoms with Gasteiger partial charge >= 0.3 is 12.4 Å². The summed E-state index contributed by atoms with van der Waals surface area (Å²) in [5.74, 6) is -1.35. The molecule has 8 nitrogen and oxygen atoms in total. The lowest BCUT2D eigenvalue weighted by atomic mass is 10.2. The fourth-order valence-corrected chi connectivity index (χ4v) is 2.59. The average molecular weight is 571 g/mol. The maximum Gasteiger partial charge on any atom is 0.451 e. The van der Waals surface area contributed by atoms with Crippen LogP contribution in [0.4, 0.5) is 26.3 Å². The van der Waals surface area contributed by atoms with Gasteiger partial charge in [-0.15, -0.1) is 12.4 Å². The van der Waals surface area contributed by atoms with E-state index >= 15 is 0 Å². The van der Waals surface area contributed by atoms with E-state index in [0.29, 0.717) is 23.6 Å². The van der Waals surface area contributed by atoms with Crippen LogP contribution in [0.1, 0.15) is 22.8 Å². The number of hydrogen-bond acceptors (Lipinski definition) is 8. The first-order valence-corrected chi connectivity index (χ1v) is 10.4. The molecule has 0 aliphatic heterocycles. The zero-order valence-electron chi connectivity index (χ0n) is 19.4. The Morgan fingerprint density at radius 2 is 1.00 bits per heavy atom. The highest BCUT2D eigenvalue weighted by Crippen LogP contribution is 2.28. The monoisotopic (exact) mass is 570 g/mol. The van der Waals surface area contributed by atoms with Crippen LogP contribution in [0.15, 0.2) is 73.3 Å². The Morgan fingerprint density at radius 1 is 0.641 bits per heavy atom. The van der Waals surface area contributed by atoms with Crippen molar-refractivity contribution in [1.82, 2.24) is 19.9 Å². The Labute approximate surface area is 223 Å². The lowest BCUT2D eigenvalue weighted by Gasteiger charge is -2.07. The molecule has 0 unspecified atom stereocenters. The van der Waals surface area contributed by atoms with Gasteiger partial charge in [-0.05, 0) is 42.0 Å². The van der Waals surface area contributed by atoms with Crippen molar-refractivity contribution in [3.05, 3.63) is 96.1 Å². The van der Waals surface area contributed by atoms with Crippen molar-refractivity contribution < 1.29 is 35.8 Å². The molecule has 39 heavy (non-hydrogen) atoms. The fraction of sp³-hybridized carbons (Fsp3) is 0.125. The van der Waals surface area contributed by atoms with Crippen molar-refractivity contribution in [2.45, 2.75) is 18.9 Å². The quantitative estimate of drug-likeness (QED) is 0.277. The lowest BCUT2D eigenvalue weighted by Crippen LogP contribution is -2.10. The van der Waals surface area contributed by atoms with Crippen molar-refractivity contribution in [2.24, 2.45) is 5.73 Å². The maximum atomic E-state index is 12.3. The average Bonchev–Trinajstić information content (AvgIpc) is 2.90. The molecule has 4 rings (SSSR count). The Hall–Kier alpha value is -4.48. The van der Waals surface area contributed by atoms with Gasteiger partial charge < -0.3 is 15.2 Å². The number of nitrogens with zero attached hydrogens (tertiary/aromatic N) is 5. The Morgan fingerprint density at radius 3 is 1.31 bits per heavy atom. The summed E-state index contributed by atoms with van der Waals surface area (Å²) in [5.41, 5.74) is 6.82. The van der Waals surface area contributed by atoms with Crippen LogP contribution in [-0.4, -0.2) is 19.9 Å². The third-order valence-electron chi connectivity index (χ3n) is 4.38. The first kappa shape index (κ1) is 30.7. The summed E-state index contributed by atoms with van der Waals surface area (Å²) in [5, 5.41) is 8.61. The summed E-state index contributed by atoms with van der Waals surface area (Å²) in [6, 6.07) is 14.9. The number of nitrogens with two attached hydrogens (primary N) is 1. The van der Waals surface area contributed by atoms with E-state index in [1.54, 1.807) is 24.3 Å². The Bertz CT molecular complexity index is 1360. The molecule has 0 saturated carbocycles. The smallest absolute Gasteiger partial charge is 0.451 e. The molecule has 0 bridgehead atoms. The molecule has 0 fully saturated rings. The highest BCUT2D eigenvalue weighted by Gasteiger charge is 2.35. The predicted octanol–water partition coefficient (Wildman–Crippen LogP) is 6.33. The minimum atomic E-state index is -4.58. The first-order valence-electron chi connectivity index (χ1n) is 10.4. The molecule has 15 heteroatoms. The summed E-state index contributed by atoms with van der Waals surface area (Å²) < 4.78 is 84.0. The summed E-state index contributed by atoms with van der Waals surface area (Å²) in [6.45, 7) is 0.406. The van der Waals surface area contributed by atoms with E-state index in [0.717, 1.165) is 30.4 Å². The third kappa shape index (κ3) is 9.40. The number of nitriles is 1. The van der Waals surface area contributed by atoms with Crippen molar-refractivity contribution in [2.75, 3.05) is 0 Å². The highest BCUT2D eigenvalue weighted by atomic mass is 35.5. The standard InChI is InChI=1S/C12H10F3N3O.C12H6F3N3O.ClH/c2*13-12(14,15)11-17-6-10(7-18-11)19-9-3-1-8(5-16)2-4-9;/h1-4,6-7H,5,16H2;1-4,6-7H;1H. The van der Waals surface area contributed by atoms with E-state index in [4.69, 9.17) is 20.5 Å². The molecule has 0 spiro atoms. The maximum absolute atomic E-state index is 12.3. The molecule has 0 aliphatic carbocycles. The van der Waals surface area contributed by atoms with Gasteiger partial charge in [0, 0.05) is 6.54 Å². The van der Waals surface area contributed by atoms with Crippen LogP contribution in [0.5, 0.6) is 23.0 Å². The summed E-state index contributed by atoms with van der Waals surface area (Å²) >= 11 is 0. The van der Waals surface area contributed by atoms with Crippen molar-refractivity contribution in [1.29, 1.82) is 5.26 Å². The number of hydrogen-bond donors (Lipinski definition) is 1. The second-order valence-electron chi connectivity index (χ2n) is 7.17. The molecular formula is C24H17ClF6N6O2. The fourth-order valence-electron chi connectivity index (χ4n) is 2.59. The van der Waals surface area contributed by atoms with Gasteiger partial charge in [0.1, 0.15) is 11.5 Å². The van der Waals surface area contributed by atoms with Crippen LogP contribution >= 0.6 is 12.4 Å². The first-order chi connectivity index (χ1) is 18.0. The SMILES string of the molecule is Cl.N#Cc1ccc(Oc2cnc(C(F)(F)F)nc2)cc1.NCc1ccc(Oc2cnc(C(F)(F)F)nc2)cc1. The number of aromatic nitrogens is 4. The minimum Gasteiger partial charge on any atom is -0.454 e. The molecule has 0 aliphatic rings. The minimum absolute atomic E-state index is 0. The Balaban J connectivity index is 0.000000267. The van der Waals surface area contributed by atoms with Gasteiger partial charge in [-0.3, -0.25) is 0 Å². The molecule has 204 valence electrons. The van der Waals surface area contributed by atoms with Gasteiger partial charge in [-0.2, -0.15) is 31.6 Å². The molecule has 0 amide bonds. The number of ether oxygens (including phenoxy) is 2. The topological polar surface area (TPSA) is 120 Å². The molecule has 2 heterocycles. The van der Waals surface area contributed by atoms with Gasteiger partial charge in [0.2, 0.25) is 11.6 Å². The molecule has 4 aromatic rings. The molecular weight excluding hydrogens is 554 g/mol. The van der Waals surface area contributed by atoms with Gasteiger partial charge in [-0.1, -0.05) is 12.1 Å². The van der Waals surface area contributed by atoms with E-state index in [-0.39, 0.29) is 23.9 Å². The van der Waals surface area contributed by atoms with Gasteiger partial charge in [-0.25, -0.2) is 19.9 Å². The van der Waals surface area contributed by atoms with E-state index < -0.39 is 24.0 Å².